The van der Waals surface area contributed by atoms with E-state index in [9.17, 15) is 10.4 Å². The van der Waals surface area contributed by atoms with Gasteiger partial charge in [0, 0.05) is 6.61 Å². The molecule has 0 aromatic heterocycles. The smallest absolute Gasteiger partial charge is 0.111 e. The highest BCUT2D eigenvalue weighted by atomic mass is 16.5. The lowest BCUT2D eigenvalue weighted by atomic mass is 9.75. The molecule has 1 heterocycles. The molecule has 0 saturated carbocycles. The maximum absolute atomic E-state index is 10.5. The van der Waals surface area contributed by atoms with Crippen LogP contribution in [-0.4, -0.2) is 18.3 Å². The third kappa shape index (κ3) is 2.19. The van der Waals surface area contributed by atoms with Gasteiger partial charge in [0.05, 0.1) is 12.7 Å². The maximum atomic E-state index is 10.5. The Balaban J connectivity index is 2.32. The van der Waals surface area contributed by atoms with E-state index in [1.165, 1.54) is 0 Å². The van der Waals surface area contributed by atoms with Gasteiger partial charge in [-0.1, -0.05) is 24.3 Å². The van der Waals surface area contributed by atoms with Gasteiger partial charge >= 0.3 is 0 Å². The van der Waals surface area contributed by atoms with Crippen LogP contribution in [0.4, 0.5) is 0 Å². The third-order valence-corrected chi connectivity index (χ3v) is 3.50. The van der Waals surface area contributed by atoms with Crippen molar-refractivity contribution in [3.05, 3.63) is 35.4 Å². The van der Waals surface area contributed by atoms with E-state index in [1.54, 1.807) is 0 Å². The van der Waals surface area contributed by atoms with Gasteiger partial charge in [-0.25, -0.2) is 0 Å². The molecule has 90 valence electrons. The Labute approximate surface area is 102 Å². The van der Waals surface area contributed by atoms with Crippen molar-refractivity contribution in [3.63, 3.8) is 0 Å². The molecule has 1 saturated heterocycles. The highest BCUT2D eigenvalue weighted by Crippen LogP contribution is 2.41. The molecular formula is C14H17NO2. The number of aliphatic hydroxyl groups is 1. The molecule has 3 nitrogen and oxygen atoms in total. The van der Waals surface area contributed by atoms with Crippen molar-refractivity contribution in [2.24, 2.45) is 5.41 Å². The van der Waals surface area contributed by atoms with Crippen LogP contribution in [0.15, 0.2) is 24.3 Å². The summed E-state index contributed by atoms with van der Waals surface area (Å²) in [5.74, 6) is 0. The molecule has 0 spiro atoms. The lowest BCUT2D eigenvalue weighted by Crippen LogP contribution is -2.36. The summed E-state index contributed by atoms with van der Waals surface area (Å²) >= 11 is 0. The molecule has 1 aliphatic heterocycles. The Hall–Kier alpha value is -1.37. The van der Waals surface area contributed by atoms with Crippen molar-refractivity contribution in [3.8, 4) is 6.07 Å². The normalized spacial score (nSPS) is 26.2. The number of nitrogens with zero attached hydrogens (tertiary/aromatic N) is 1. The van der Waals surface area contributed by atoms with Gasteiger partial charge in [-0.15, -0.1) is 0 Å². The molecule has 1 aromatic rings. The first-order valence-electron chi connectivity index (χ1n) is 5.92. The van der Waals surface area contributed by atoms with Crippen LogP contribution in [0.5, 0.6) is 0 Å². The standard InChI is InChI=1S/C14H17NO2/c1-11-5-2-3-6-12(11)13(16)14(9-15)7-4-8-17-10-14/h2-3,5-6,13,16H,4,7-8,10H2,1H3. The molecule has 0 radical (unpaired) electrons. The van der Waals surface area contributed by atoms with E-state index in [0.29, 0.717) is 19.6 Å². The monoisotopic (exact) mass is 231 g/mol. The molecule has 0 aliphatic carbocycles. The average molecular weight is 231 g/mol. The summed E-state index contributed by atoms with van der Waals surface area (Å²) in [6.07, 6.45) is 0.754. The van der Waals surface area contributed by atoms with Crippen LogP contribution in [-0.2, 0) is 4.74 Å². The Bertz CT molecular complexity index is 430. The first kappa shape index (κ1) is 12.1. The SMILES string of the molecule is Cc1ccccc1C(O)C1(C#N)CCCOC1. The Morgan fingerprint density at radius 3 is 2.82 bits per heavy atom. The predicted molar refractivity (Wildman–Crippen MR) is 64.2 cm³/mol. The van der Waals surface area contributed by atoms with Crippen LogP contribution in [0.25, 0.3) is 0 Å². The summed E-state index contributed by atoms with van der Waals surface area (Å²) in [5.41, 5.74) is 1.06. The molecule has 17 heavy (non-hydrogen) atoms. The van der Waals surface area contributed by atoms with Gasteiger partial charge in [0.2, 0.25) is 0 Å². The summed E-state index contributed by atoms with van der Waals surface area (Å²) in [4.78, 5) is 0. The number of benzene rings is 1. The van der Waals surface area contributed by atoms with E-state index in [4.69, 9.17) is 4.74 Å². The zero-order chi connectivity index (χ0) is 12.3. The lowest BCUT2D eigenvalue weighted by molar-refractivity contribution is -0.0507. The van der Waals surface area contributed by atoms with E-state index in [-0.39, 0.29) is 0 Å². The van der Waals surface area contributed by atoms with E-state index in [1.807, 2.05) is 31.2 Å². The van der Waals surface area contributed by atoms with Crippen molar-refractivity contribution < 1.29 is 9.84 Å². The van der Waals surface area contributed by atoms with Crippen molar-refractivity contribution in [1.82, 2.24) is 0 Å². The first-order chi connectivity index (χ1) is 8.19. The molecule has 0 bridgehead atoms. The molecule has 2 rings (SSSR count). The van der Waals surface area contributed by atoms with E-state index in [2.05, 4.69) is 6.07 Å². The van der Waals surface area contributed by atoms with Gasteiger partial charge < -0.3 is 9.84 Å². The molecular weight excluding hydrogens is 214 g/mol. The topological polar surface area (TPSA) is 53.2 Å². The quantitative estimate of drug-likeness (QED) is 0.850. The van der Waals surface area contributed by atoms with Crippen molar-refractivity contribution >= 4 is 0 Å². The lowest BCUT2D eigenvalue weighted by Gasteiger charge is -2.35. The van der Waals surface area contributed by atoms with Crippen LogP contribution in [0.1, 0.15) is 30.1 Å². The summed E-state index contributed by atoms with van der Waals surface area (Å²) in [7, 11) is 0. The molecule has 3 heteroatoms. The fraction of sp³-hybridized carbons (Fsp3) is 0.500. The number of hydrogen-bond donors (Lipinski definition) is 1. The zero-order valence-electron chi connectivity index (χ0n) is 10.0. The second-order valence-electron chi connectivity index (χ2n) is 4.68. The Morgan fingerprint density at radius 2 is 2.24 bits per heavy atom. The van der Waals surface area contributed by atoms with Crippen LogP contribution in [0.3, 0.4) is 0 Å². The van der Waals surface area contributed by atoms with Crippen molar-refractivity contribution in [1.29, 1.82) is 5.26 Å². The number of ether oxygens (including phenoxy) is 1. The summed E-state index contributed by atoms with van der Waals surface area (Å²) < 4.78 is 5.38. The van der Waals surface area contributed by atoms with Crippen LogP contribution < -0.4 is 0 Å². The first-order valence-corrected chi connectivity index (χ1v) is 5.92. The number of aryl methyl sites for hydroxylation is 1. The van der Waals surface area contributed by atoms with Crippen molar-refractivity contribution in [2.75, 3.05) is 13.2 Å². The Kier molecular flexibility index (Phi) is 3.46. The number of nitriles is 1. The summed E-state index contributed by atoms with van der Waals surface area (Å²) in [5, 5.41) is 19.8. The van der Waals surface area contributed by atoms with Crippen LogP contribution in [0.2, 0.25) is 0 Å². The highest BCUT2D eigenvalue weighted by Gasteiger charge is 2.41. The van der Waals surface area contributed by atoms with Gasteiger partial charge in [-0.2, -0.15) is 5.26 Å². The minimum Gasteiger partial charge on any atom is -0.387 e. The molecule has 1 N–H and O–H groups in total. The second-order valence-corrected chi connectivity index (χ2v) is 4.68. The maximum Gasteiger partial charge on any atom is 0.111 e. The molecule has 0 amide bonds. The largest absolute Gasteiger partial charge is 0.387 e. The highest BCUT2D eigenvalue weighted by molar-refractivity contribution is 5.31. The number of hydrogen-bond acceptors (Lipinski definition) is 3. The van der Waals surface area contributed by atoms with Crippen molar-refractivity contribution in [2.45, 2.75) is 25.9 Å². The predicted octanol–water partition coefficient (Wildman–Crippen LogP) is 2.35. The molecule has 2 atom stereocenters. The molecule has 1 fully saturated rings. The van der Waals surface area contributed by atoms with Gasteiger partial charge in [0.25, 0.3) is 0 Å². The van der Waals surface area contributed by atoms with Crippen LogP contribution in [0, 0.1) is 23.7 Å². The number of rotatable bonds is 2. The fourth-order valence-corrected chi connectivity index (χ4v) is 2.37. The fourth-order valence-electron chi connectivity index (χ4n) is 2.37. The minimum atomic E-state index is -0.787. The van der Waals surface area contributed by atoms with E-state index >= 15 is 0 Å². The van der Waals surface area contributed by atoms with Gasteiger partial charge in [-0.05, 0) is 30.9 Å². The zero-order valence-corrected chi connectivity index (χ0v) is 10.0. The second kappa shape index (κ2) is 4.87. The van der Waals surface area contributed by atoms with Gasteiger partial charge in [0.15, 0.2) is 0 Å². The number of aliphatic hydroxyl groups excluding tert-OH is 1. The summed E-state index contributed by atoms with van der Waals surface area (Å²) in [6, 6.07) is 9.92. The molecule has 1 aliphatic rings. The van der Waals surface area contributed by atoms with E-state index < -0.39 is 11.5 Å². The van der Waals surface area contributed by atoms with E-state index in [0.717, 1.165) is 17.5 Å². The average Bonchev–Trinajstić information content (AvgIpc) is 2.39. The van der Waals surface area contributed by atoms with Crippen LogP contribution >= 0.6 is 0 Å². The Morgan fingerprint density at radius 1 is 1.47 bits per heavy atom. The molecule has 2 unspecified atom stereocenters. The minimum absolute atomic E-state index is 0.318. The van der Waals surface area contributed by atoms with Gasteiger partial charge in [0.1, 0.15) is 11.5 Å². The van der Waals surface area contributed by atoms with Gasteiger partial charge in [-0.3, -0.25) is 0 Å². The summed E-state index contributed by atoms with van der Waals surface area (Å²) in [6.45, 7) is 2.95. The molecule has 1 aromatic carbocycles. The third-order valence-electron chi connectivity index (χ3n) is 3.50.